The normalized spacial score (nSPS) is 34.8. The molecule has 5 fully saturated rings. The molecule has 2 heterocycles. The predicted molar refractivity (Wildman–Crippen MR) is 91.5 cm³/mol. The number of hydrogen-bond acceptors (Lipinski definition) is 5. The van der Waals surface area contributed by atoms with Gasteiger partial charge in [-0.15, -0.1) is 0 Å². The highest BCUT2D eigenvalue weighted by Gasteiger charge is 2.76. The molecule has 0 aromatic rings. The Hall–Kier alpha value is -1.99. The van der Waals surface area contributed by atoms with Gasteiger partial charge in [0.25, 0.3) is 0 Å². The third-order valence-electron chi connectivity index (χ3n) is 6.53. The lowest BCUT2D eigenvalue weighted by atomic mass is 9.39. The van der Waals surface area contributed by atoms with Crippen molar-refractivity contribution in [3.05, 3.63) is 0 Å². The first kappa shape index (κ1) is 17.4. The lowest BCUT2D eigenvalue weighted by molar-refractivity contribution is -0.222. The molecule has 8 heteroatoms. The summed E-state index contributed by atoms with van der Waals surface area (Å²) in [5.74, 6) is -0.148. The van der Waals surface area contributed by atoms with Gasteiger partial charge < -0.3 is 24.2 Å². The van der Waals surface area contributed by atoms with Gasteiger partial charge in [0.15, 0.2) is 0 Å². The number of ether oxygens (including phenoxy) is 2. The number of piperazine rings is 1. The number of carbonyl (C=O) groups is 3. The van der Waals surface area contributed by atoms with Gasteiger partial charge >= 0.3 is 18.1 Å². The molecule has 5 rings (SSSR count). The van der Waals surface area contributed by atoms with Crippen LogP contribution in [-0.4, -0.2) is 84.3 Å². The molecule has 0 radical (unpaired) electrons. The van der Waals surface area contributed by atoms with Gasteiger partial charge in [-0.2, -0.15) is 0 Å². The van der Waals surface area contributed by atoms with E-state index >= 15 is 0 Å². The van der Waals surface area contributed by atoms with Crippen LogP contribution in [-0.2, 0) is 14.3 Å². The van der Waals surface area contributed by atoms with Gasteiger partial charge in [0.05, 0.1) is 25.2 Å². The van der Waals surface area contributed by atoms with Crippen molar-refractivity contribution >= 4 is 18.1 Å². The summed E-state index contributed by atoms with van der Waals surface area (Å²) in [5.41, 5.74) is -0.525. The highest BCUT2D eigenvalue weighted by Crippen LogP contribution is 2.70. The second-order valence-corrected chi connectivity index (χ2v) is 8.18. The number of amides is 3. The third-order valence-corrected chi connectivity index (χ3v) is 6.53. The van der Waals surface area contributed by atoms with Crippen LogP contribution in [0.3, 0.4) is 0 Å². The molecule has 0 unspecified atom stereocenters. The van der Waals surface area contributed by atoms with E-state index in [1.165, 1.54) is 7.11 Å². The molecule has 8 nitrogen and oxygen atoms in total. The van der Waals surface area contributed by atoms with Crippen molar-refractivity contribution in [3.63, 3.8) is 0 Å². The van der Waals surface area contributed by atoms with Crippen molar-refractivity contribution in [2.75, 3.05) is 39.9 Å². The Balaban J connectivity index is 1.34. The standard InChI is InChI=1S/C18H27N3O5/c1-3-4-7-26-16(24)19-5-6-20-13(8-19)9-21(15(20)23)18-10-17(11-18,12-18)14(22)25-2/h13H,3-12H2,1-2H3/t13-,17?,18?/m0/s1. The summed E-state index contributed by atoms with van der Waals surface area (Å²) < 4.78 is 10.2. The van der Waals surface area contributed by atoms with Crippen LogP contribution in [0.1, 0.15) is 39.0 Å². The monoisotopic (exact) mass is 365 g/mol. The van der Waals surface area contributed by atoms with Crippen LogP contribution >= 0.6 is 0 Å². The molecule has 5 aliphatic rings. The fraction of sp³-hybridized carbons (Fsp3) is 0.833. The highest BCUT2D eigenvalue weighted by molar-refractivity contribution is 5.85. The fourth-order valence-corrected chi connectivity index (χ4v) is 5.12. The minimum absolute atomic E-state index is 0.0121. The molecule has 3 saturated carbocycles. The zero-order chi connectivity index (χ0) is 18.5. The van der Waals surface area contributed by atoms with Gasteiger partial charge in [-0.3, -0.25) is 4.79 Å². The maximum Gasteiger partial charge on any atom is 0.409 e. The average Bonchev–Trinajstić information content (AvgIpc) is 2.89. The van der Waals surface area contributed by atoms with Gasteiger partial charge in [-0.05, 0) is 25.7 Å². The summed E-state index contributed by atoms with van der Waals surface area (Å²) >= 11 is 0. The Morgan fingerprint density at radius 2 is 1.92 bits per heavy atom. The van der Waals surface area contributed by atoms with Crippen molar-refractivity contribution in [1.82, 2.24) is 14.7 Å². The number of urea groups is 1. The first-order chi connectivity index (χ1) is 12.4. The lowest BCUT2D eigenvalue weighted by Crippen LogP contribution is -2.77. The van der Waals surface area contributed by atoms with Crippen LogP contribution in [0.5, 0.6) is 0 Å². The minimum Gasteiger partial charge on any atom is -0.469 e. The largest absolute Gasteiger partial charge is 0.469 e. The molecule has 1 atom stereocenters. The minimum atomic E-state index is -0.354. The topological polar surface area (TPSA) is 79.4 Å². The number of unbranched alkanes of at least 4 members (excludes halogenated alkanes) is 1. The Labute approximate surface area is 153 Å². The van der Waals surface area contributed by atoms with Gasteiger partial charge in [-0.1, -0.05) is 13.3 Å². The summed E-state index contributed by atoms with van der Waals surface area (Å²) in [6.07, 6.45) is 3.71. The van der Waals surface area contributed by atoms with Crippen molar-refractivity contribution in [2.45, 2.75) is 50.6 Å². The third kappa shape index (κ3) is 2.37. The first-order valence-electron chi connectivity index (χ1n) is 9.53. The van der Waals surface area contributed by atoms with Gasteiger partial charge in [0.2, 0.25) is 0 Å². The van der Waals surface area contributed by atoms with Crippen molar-refractivity contribution in [2.24, 2.45) is 5.41 Å². The lowest BCUT2D eigenvalue weighted by Gasteiger charge is -2.71. The second kappa shape index (κ2) is 6.03. The number of nitrogens with zero attached hydrogens (tertiary/aromatic N) is 3. The Morgan fingerprint density at radius 3 is 2.58 bits per heavy atom. The number of hydrogen-bond donors (Lipinski definition) is 0. The maximum absolute atomic E-state index is 12.8. The molecule has 0 N–H and O–H groups in total. The number of esters is 1. The number of carbonyl (C=O) groups excluding carboxylic acids is 3. The first-order valence-corrected chi connectivity index (χ1v) is 9.53. The zero-order valence-corrected chi connectivity index (χ0v) is 15.5. The van der Waals surface area contributed by atoms with Gasteiger partial charge in [-0.25, -0.2) is 9.59 Å². The molecule has 0 spiro atoms. The van der Waals surface area contributed by atoms with E-state index in [0.29, 0.717) is 52.0 Å². The summed E-state index contributed by atoms with van der Waals surface area (Å²) in [6, 6.07) is 0.0604. The fourth-order valence-electron chi connectivity index (χ4n) is 5.12. The maximum atomic E-state index is 12.8. The van der Waals surface area contributed by atoms with E-state index in [1.807, 2.05) is 9.80 Å². The Kier molecular flexibility index (Phi) is 4.04. The summed E-state index contributed by atoms with van der Waals surface area (Å²) in [7, 11) is 1.42. The van der Waals surface area contributed by atoms with E-state index in [-0.39, 0.29) is 35.1 Å². The molecular formula is C18H27N3O5. The van der Waals surface area contributed by atoms with E-state index in [0.717, 1.165) is 12.8 Å². The number of methoxy groups -OCH3 is 1. The molecule has 2 bridgehead atoms. The number of rotatable bonds is 5. The van der Waals surface area contributed by atoms with E-state index in [1.54, 1.807) is 4.90 Å². The summed E-state index contributed by atoms with van der Waals surface area (Å²) in [4.78, 5) is 42.4. The molecule has 2 saturated heterocycles. The van der Waals surface area contributed by atoms with Crippen molar-refractivity contribution in [3.8, 4) is 0 Å². The zero-order valence-electron chi connectivity index (χ0n) is 15.5. The van der Waals surface area contributed by atoms with Crippen molar-refractivity contribution < 1.29 is 23.9 Å². The predicted octanol–water partition coefficient (Wildman–Crippen LogP) is 1.44. The summed E-state index contributed by atoms with van der Waals surface area (Å²) in [6.45, 7) is 4.70. The second-order valence-electron chi connectivity index (χ2n) is 8.18. The van der Waals surface area contributed by atoms with Gasteiger partial charge in [0.1, 0.15) is 0 Å². The van der Waals surface area contributed by atoms with E-state index in [9.17, 15) is 14.4 Å². The SMILES string of the molecule is CCCCOC(=O)N1CCN2C(=O)N(C34CC(C(=O)OC)(C3)C4)C[C@@H]2C1. The van der Waals surface area contributed by atoms with E-state index in [2.05, 4.69) is 6.92 Å². The van der Waals surface area contributed by atoms with Crippen LogP contribution in [0.4, 0.5) is 9.59 Å². The van der Waals surface area contributed by atoms with Crippen LogP contribution < -0.4 is 0 Å². The quantitative estimate of drug-likeness (QED) is 0.544. The summed E-state index contributed by atoms with van der Waals surface area (Å²) in [5, 5.41) is 0. The van der Waals surface area contributed by atoms with Gasteiger partial charge in [0, 0.05) is 31.7 Å². The molecule has 3 amide bonds. The molecule has 26 heavy (non-hydrogen) atoms. The highest BCUT2D eigenvalue weighted by atomic mass is 16.6. The van der Waals surface area contributed by atoms with Crippen LogP contribution in [0.25, 0.3) is 0 Å². The van der Waals surface area contributed by atoms with Crippen LogP contribution in [0.15, 0.2) is 0 Å². The molecule has 144 valence electrons. The molecule has 2 aliphatic heterocycles. The van der Waals surface area contributed by atoms with E-state index < -0.39 is 0 Å². The average molecular weight is 365 g/mol. The van der Waals surface area contributed by atoms with Crippen LogP contribution in [0.2, 0.25) is 0 Å². The molecule has 3 aliphatic carbocycles. The smallest absolute Gasteiger partial charge is 0.409 e. The number of fused-ring (bicyclic) bond motifs is 1. The Bertz CT molecular complexity index is 617. The van der Waals surface area contributed by atoms with Crippen molar-refractivity contribution in [1.29, 1.82) is 0 Å². The molecule has 0 aromatic heterocycles. The molecular weight excluding hydrogens is 338 g/mol. The Morgan fingerprint density at radius 1 is 1.19 bits per heavy atom. The van der Waals surface area contributed by atoms with E-state index in [4.69, 9.17) is 9.47 Å². The molecule has 0 aromatic carbocycles. The van der Waals surface area contributed by atoms with Crippen LogP contribution in [0, 0.1) is 5.41 Å².